The van der Waals surface area contributed by atoms with Crippen molar-refractivity contribution in [3.05, 3.63) is 58.6 Å². The van der Waals surface area contributed by atoms with Gasteiger partial charge in [0.2, 0.25) is 9.84 Å². The van der Waals surface area contributed by atoms with Crippen molar-refractivity contribution in [3.8, 4) is 5.75 Å². The molecule has 0 radical (unpaired) electrons. The Labute approximate surface area is 156 Å². The first-order valence-electron chi connectivity index (χ1n) is 7.75. The molecular formula is C18H16ClNO5S. The first-order valence-corrected chi connectivity index (χ1v) is 9.61. The van der Waals surface area contributed by atoms with Crippen LogP contribution in [0.1, 0.15) is 6.92 Å². The Morgan fingerprint density at radius 2 is 1.85 bits per heavy atom. The zero-order valence-corrected chi connectivity index (χ0v) is 15.7. The van der Waals surface area contributed by atoms with Gasteiger partial charge in [-0.1, -0.05) is 11.6 Å². The molecule has 1 aliphatic rings. The molecule has 0 N–H and O–H groups in total. The molecule has 0 saturated carbocycles. The summed E-state index contributed by atoms with van der Waals surface area (Å²) >= 11 is 6.07. The molecule has 0 unspecified atom stereocenters. The minimum atomic E-state index is -4.01. The van der Waals surface area contributed by atoms with Crippen LogP contribution in [0.2, 0.25) is 5.02 Å². The summed E-state index contributed by atoms with van der Waals surface area (Å²) in [4.78, 5) is 13.4. The van der Waals surface area contributed by atoms with Crippen molar-refractivity contribution in [3.63, 3.8) is 0 Å². The molecule has 136 valence electrons. The number of benzene rings is 2. The molecule has 0 atom stereocenters. The number of hydrogen-bond acceptors (Lipinski definition) is 6. The number of halogens is 1. The second kappa shape index (κ2) is 7.01. The molecule has 1 heterocycles. The smallest absolute Gasteiger partial charge is 0.351 e. The molecule has 0 saturated heterocycles. The summed E-state index contributed by atoms with van der Waals surface area (Å²) in [6, 6.07) is 11.4. The van der Waals surface area contributed by atoms with E-state index in [2.05, 4.69) is 0 Å². The maximum Gasteiger partial charge on any atom is 0.351 e. The molecule has 0 aromatic heterocycles. The van der Waals surface area contributed by atoms with E-state index in [1.165, 1.54) is 24.4 Å². The summed E-state index contributed by atoms with van der Waals surface area (Å²) in [5.41, 5.74) is 1.00. The molecule has 6 nitrogen and oxygen atoms in total. The van der Waals surface area contributed by atoms with Gasteiger partial charge in [0.15, 0.2) is 4.91 Å². The first-order chi connectivity index (χ1) is 12.4. The third kappa shape index (κ3) is 3.15. The van der Waals surface area contributed by atoms with Crippen LogP contribution in [0.25, 0.3) is 0 Å². The monoisotopic (exact) mass is 393 g/mol. The second-order valence-electron chi connectivity index (χ2n) is 5.40. The summed E-state index contributed by atoms with van der Waals surface area (Å²) in [7, 11) is -2.46. The van der Waals surface area contributed by atoms with E-state index in [1.54, 1.807) is 43.2 Å². The molecule has 0 aliphatic carbocycles. The van der Waals surface area contributed by atoms with Crippen LogP contribution in [0.3, 0.4) is 0 Å². The molecule has 1 aliphatic heterocycles. The van der Waals surface area contributed by atoms with Crippen LogP contribution in [-0.2, 0) is 19.4 Å². The number of rotatable bonds is 4. The lowest BCUT2D eigenvalue weighted by molar-refractivity contribution is -0.137. The lowest BCUT2D eigenvalue weighted by Gasteiger charge is -2.28. The Bertz CT molecular complexity index is 983. The minimum absolute atomic E-state index is 0.0109. The summed E-state index contributed by atoms with van der Waals surface area (Å²) in [6.45, 7) is 1.69. The molecular weight excluding hydrogens is 378 g/mol. The minimum Gasteiger partial charge on any atom is -0.497 e. The number of sulfone groups is 1. The van der Waals surface area contributed by atoms with Crippen molar-refractivity contribution in [2.45, 2.75) is 11.8 Å². The SMILES string of the molecule is CCOC(=O)C1=CN(c2ccc(OC)cc2)c2cc(Cl)ccc2S1(=O)=O. The predicted octanol–water partition coefficient (Wildman–Crippen LogP) is 3.68. The Kier molecular flexibility index (Phi) is 4.93. The van der Waals surface area contributed by atoms with Crippen LogP contribution in [0, 0.1) is 0 Å². The molecule has 3 rings (SSSR count). The fourth-order valence-electron chi connectivity index (χ4n) is 2.60. The fraction of sp³-hybridized carbons (Fsp3) is 0.167. The molecule has 0 fully saturated rings. The highest BCUT2D eigenvalue weighted by molar-refractivity contribution is 7.96. The number of methoxy groups -OCH3 is 1. The average Bonchev–Trinajstić information content (AvgIpc) is 2.62. The van der Waals surface area contributed by atoms with E-state index in [9.17, 15) is 13.2 Å². The standard InChI is InChI=1S/C18H16ClNO5S/c1-3-25-18(21)17-11-20(13-5-7-14(24-2)8-6-13)15-10-12(19)4-9-16(15)26(17,22)23/h4-11H,3H2,1-2H3. The van der Waals surface area contributed by atoms with E-state index in [0.29, 0.717) is 22.1 Å². The van der Waals surface area contributed by atoms with Crippen LogP contribution in [0.5, 0.6) is 5.75 Å². The maximum absolute atomic E-state index is 12.9. The van der Waals surface area contributed by atoms with Gasteiger partial charge < -0.3 is 14.4 Å². The van der Waals surface area contributed by atoms with Gasteiger partial charge in [0.1, 0.15) is 5.75 Å². The van der Waals surface area contributed by atoms with Crippen molar-refractivity contribution in [2.75, 3.05) is 18.6 Å². The molecule has 2 aromatic rings. The number of anilines is 2. The van der Waals surface area contributed by atoms with Crippen molar-refractivity contribution in [2.24, 2.45) is 0 Å². The Morgan fingerprint density at radius 3 is 2.46 bits per heavy atom. The molecule has 0 bridgehead atoms. The summed E-state index contributed by atoms with van der Waals surface area (Å²) in [6.07, 6.45) is 1.26. The van der Waals surface area contributed by atoms with E-state index in [0.717, 1.165) is 0 Å². The van der Waals surface area contributed by atoms with Crippen molar-refractivity contribution < 1.29 is 22.7 Å². The van der Waals surface area contributed by atoms with Crippen molar-refractivity contribution >= 4 is 38.8 Å². The van der Waals surface area contributed by atoms with Crippen LogP contribution >= 0.6 is 11.6 Å². The normalized spacial score (nSPS) is 15.0. The van der Waals surface area contributed by atoms with Gasteiger partial charge >= 0.3 is 5.97 Å². The Hall–Kier alpha value is -2.51. The second-order valence-corrected chi connectivity index (χ2v) is 7.72. The maximum atomic E-state index is 12.9. The van der Waals surface area contributed by atoms with Crippen molar-refractivity contribution in [1.82, 2.24) is 0 Å². The topological polar surface area (TPSA) is 72.9 Å². The van der Waals surface area contributed by atoms with Gasteiger partial charge in [-0.2, -0.15) is 0 Å². The average molecular weight is 394 g/mol. The van der Waals surface area contributed by atoms with Crippen LogP contribution in [0.15, 0.2) is 58.5 Å². The van der Waals surface area contributed by atoms with E-state index in [1.807, 2.05) is 0 Å². The van der Waals surface area contributed by atoms with Gasteiger partial charge in [0.05, 0.1) is 24.3 Å². The van der Waals surface area contributed by atoms with Gasteiger partial charge in [-0.15, -0.1) is 0 Å². The van der Waals surface area contributed by atoms with Gasteiger partial charge in [-0.3, -0.25) is 0 Å². The van der Waals surface area contributed by atoms with E-state index >= 15 is 0 Å². The zero-order chi connectivity index (χ0) is 18.9. The summed E-state index contributed by atoms with van der Waals surface area (Å²) in [5.74, 6) is -0.245. The number of nitrogens with zero attached hydrogens (tertiary/aromatic N) is 1. The Balaban J connectivity index is 2.21. The molecule has 0 amide bonds. The van der Waals surface area contributed by atoms with Gasteiger partial charge in [0.25, 0.3) is 0 Å². The number of hydrogen-bond donors (Lipinski definition) is 0. The zero-order valence-electron chi connectivity index (χ0n) is 14.1. The molecule has 26 heavy (non-hydrogen) atoms. The van der Waals surface area contributed by atoms with E-state index < -0.39 is 20.7 Å². The Morgan fingerprint density at radius 1 is 1.15 bits per heavy atom. The third-order valence-corrected chi connectivity index (χ3v) is 5.84. The highest BCUT2D eigenvalue weighted by Gasteiger charge is 2.36. The lowest BCUT2D eigenvalue weighted by Crippen LogP contribution is -2.26. The highest BCUT2D eigenvalue weighted by atomic mass is 35.5. The molecule has 8 heteroatoms. The summed E-state index contributed by atoms with van der Waals surface area (Å²) < 4.78 is 35.8. The van der Waals surface area contributed by atoms with Crippen LogP contribution in [-0.4, -0.2) is 28.1 Å². The molecule has 2 aromatic carbocycles. The fourth-order valence-corrected chi connectivity index (χ4v) is 4.21. The van der Waals surface area contributed by atoms with Gasteiger partial charge in [-0.05, 0) is 49.4 Å². The quantitative estimate of drug-likeness (QED) is 0.738. The van der Waals surface area contributed by atoms with Crippen LogP contribution < -0.4 is 9.64 Å². The van der Waals surface area contributed by atoms with Gasteiger partial charge in [-0.25, -0.2) is 13.2 Å². The third-order valence-electron chi connectivity index (χ3n) is 3.83. The molecule has 0 spiro atoms. The number of esters is 1. The largest absolute Gasteiger partial charge is 0.497 e. The van der Waals surface area contributed by atoms with Crippen molar-refractivity contribution in [1.29, 1.82) is 0 Å². The van der Waals surface area contributed by atoms with E-state index in [4.69, 9.17) is 21.1 Å². The first kappa shape index (κ1) is 18.3. The number of fused-ring (bicyclic) bond motifs is 1. The lowest BCUT2D eigenvalue weighted by atomic mass is 10.2. The predicted molar refractivity (Wildman–Crippen MR) is 98.5 cm³/mol. The van der Waals surface area contributed by atoms with Crippen LogP contribution in [0.4, 0.5) is 11.4 Å². The van der Waals surface area contributed by atoms with Gasteiger partial charge in [0, 0.05) is 16.9 Å². The number of carbonyl (C=O) groups is 1. The highest BCUT2D eigenvalue weighted by Crippen LogP contribution is 2.41. The summed E-state index contributed by atoms with van der Waals surface area (Å²) in [5, 5.41) is 0.380. The number of ether oxygens (including phenoxy) is 2. The number of carbonyl (C=O) groups excluding carboxylic acids is 1. The van der Waals surface area contributed by atoms with E-state index in [-0.39, 0.29) is 11.5 Å².